The van der Waals surface area contributed by atoms with Crippen molar-refractivity contribution in [3.8, 4) is 5.75 Å². The molecule has 0 aliphatic carbocycles. The van der Waals surface area contributed by atoms with Crippen molar-refractivity contribution in [2.45, 2.75) is 80.1 Å². The molecule has 0 fully saturated rings. The van der Waals surface area contributed by atoms with E-state index in [1.807, 2.05) is 18.1 Å². The fourth-order valence-electron chi connectivity index (χ4n) is 3.96. The van der Waals surface area contributed by atoms with Gasteiger partial charge in [0.05, 0.1) is 5.54 Å². The van der Waals surface area contributed by atoms with Crippen LogP contribution in [0.4, 0.5) is 0 Å². The molecule has 2 aromatic carbocycles. The quantitative estimate of drug-likeness (QED) is 0.264. The smallest absolute Gasteiger partial charge is 0.215 e. The van der Waals surface area contributed by atoms with Gasteiger partial charge in [-0.05, 0) is 68.2 Å². The van der Waals surface area contributed by atoms with Gasteiger partial charge in [0.2, 0.25) is 6.29 Å². The maximum absolute atomic E-state index is 6.37. The summed E-state index contributed by atoms with van der Waals surface area (Å²) in [5.41, 5.74) is 3.68. The van der Waals surface area contributed by atoms with E-state index < -0.39 is 0 Å². The van der Waals surface area contributed by atoms with Gasteiger partial charge in [-0.3, -0.25) is 4.84 Å². The molecule has 3 nitrogen and oxygen atoms in total. The molecule has 0 aliphatic heterocycles. The number of halogens is 1. The van der Waals surface area contributed by atoms with E-state index in [0.717, 1.165) is 25.1 Å². The summed E-state index contributed by atoms with van der Waals surface area (Å²) in [6, 6.07) is 16.9. The molecule has 0 bridgehead atoms. The molecule has 4 heteroatoms. The molecular weight excluding hydrogens is 406 g/mol. The Balaban J connectivity index is 0.00000480. The molecule has 31 heavy (non-hydrogen) atoms. The zero-order chi connectivity index (χ0) is 22.3. The van der Waals surface area contributed by atoms with Gasteiger partial charge in [-0.2, -0.15) is 5.06 Å². The average Bonchev–Trinajstić information content (AvgIpc) is 2.68. The van der Waals surface area contributed by atoms with Gasteiger partial charge in [0.15, 0.2) is 0 Å². The first-order valence-electron chi connectivity index (χ1n) is 11.4. The lowest BCUT2D eigenvalue weighted by Gasteiger charge is -2.38. The van der Waals surface area contributed by atoms with E-state index in [0.29, 0.717) is 11.8 Å². The Kier molecular flexibility index (Phi) is 11.1. The van der Waals surface area contributed by atoms with Crippen LogP contribution >= 0.6 is 12.4 Å². The Hall–Kier alpha value is -1.55. The Bertz CT molecular complexity index is 774. The summed E-state index contributed by atoms with van der Waals surface area (Å²) in [7, 11) is 0. The number of rotatable bonds is 11. The molecule has 2 aromatic rings. The van der Waals surface area contributed by atoms with E-state index in [-0.39, 0.29) is 24.2 Å². The van der Waals surface area contributed by atoms with Crippen molar-refractivity contribution < 1.29 is 9.57 Å². The molecular formula is C27H42ClNO2. The summed E-state index contributed by atoms with van der Waals surface area (Å²) in [4.78, 5) is 6.31. The summed E-state index contributed by atoms with van der Waals surface area (Å²) in [6.45, 7) is 18.3. The Labute approximate surface area is 196 Å². The molecule has 0 saturated carbocycles. The van der Waals surface area contributed by atoms with Gasteiger partial charge in [-0.15, -0.1) is 12.4 Å². The number of hydrogen-bond acceptors (Lipinski definition) is 3. The molecule has 0 aliphatic rings. The molecule has 2 rings (SSSR count). The van der Waals surface area contributed by atoms with Gasteiger partial charge in [0.1, 0.15) is 5.75 Å². The molecule has 0 heterocycles. The van der Waals surface area contributed by atoms with E-state index in [2.05, 4.69) is 90.9 Å². The average molecular weight is 448 g/mol. The lowest BCUT2D eigenvalue weighted by atomic mass is 9.92. The lowest BCUT2D eigenvalue weighted by molar-refractivity contribution is -0.286. The van der Waals surface area contributed by atoms with Crippen molar-refractivity contribution in [2.75, 3.05) is 6.54 Å². The number of ether oxygens (including phenoxy) is 1. The molecule has 0 amide bonds. The SMILES string of the molecule is CCN(OC(C)Oc1cccc(CC(C)C)c1CC(C)C)C(C)(C)c1ccccc1.Cl. The van der Waals surface area contributed by atoms with Gasteiger partial charge < -0.3 is 4.74 Å². The van der Waals surface area contributed by atoms with Crippen LogP contribution in [0.25, 0.3) is 0 Å². The Morgan fingerprint density at radius 3 is 2.00 bits per heavy atom. The predicted octanol–water partition coefficient (Wildman–Crippen LogP) is 7.42. The maximum Gasteiger partial charge on any atom is 0.215 e. The summed E-state index contributed by atoms with van der Waals surface area (Å²) in [5, 5.41) is 2.02. The Morgan fingerprint density at radius 2 is 1.45 bits per heavy atom. The van der Waals surface area contributed by atoms with E-state index in [1.54, 1.807) is 0 Å². The summed E-state index contributed by atoms with van der Waals surface area (Å²) in [6.07, 6.45) is 1.70. The minimum Gasteiger partial charge on any atom is -0.463 e. The van der Waals surface area contributed by atoms with Gasteiger partial charge in [-0.25, -0.2) is 0 Å². The molecule has 0 radical (unpaired) electrons. The molecule has 0 aromatic heterocycles. The first kappa shape index (κ1) is 27.5. The van der Waals surface area contributed by atoms with Crippen LogP contribution in [0.3, 0.4) is 0 Å². The monoisotopic (exact) mass is 447 g/mol. The summed E-state index contributed by atoms with van der Waals surface area (Å²) < 4.78 is 6.37. The van der Waals surface area contributed by atoms with Crippen LogP contribution in [0.2, 0.25) is 0 Å². The number of hydrogen-bond donors (Lipinski definition) is 0. The van der Waals surface area contributed by atoms with Gasteiger partial charge in [0, 0.05) is 6.54 Å². The topological polar surface area (TPSA) is 21.7 Å². The van der Waals surface area contributed by atoms with Crippen LogP contribution in [0.5, 0.6) is 5.75 Å². The number of nitrogens with zero attached hydrogens (tertiary/aromatic N) is 1. The summed E-state index contributed by atoms with van der Waals surface area (Å²) in [5.74, 6) is 2.13. The first-order valence-corrected chi connectivity index (χ1v) is 11.4. The van der Waals surface area contributed by atoms with Crippen molar-refractivity contribution in [3.05, 3.63) is 65.2 Å². The Morgan fingerprint density at radius 1 is 0.839 bits per heavy atom. The van der Waals surface area contributed by atoms with Crippen molar-refractivity contribution in [3.63, 3.8) is 0 Å². The van der Waals surface area contributed by atoms with Crippen LogP contribution in [0.1, 0.15) is 72.1 Å². The van der Waals surface area contributed by atoms with Gasteiger partial charge >= 0.3 is 0 Å². The third kappa shape index (κ3) is 7.82. The number of hydroxylamine groups is 2. The highest BCUT2D eigenvalue weighted by molar-refractivity contribution is 5.85. The van der Waals surface area contributed by atoms with E-state index in [9.17, 15) is 0 Å². The van der Waals surface area contributed by atoms with Crippen molar-refractivity contribution >= 4 is 12.4 Å². The zero-order valence-electron chi connectivity index (χ0n) is 20.6. The van der Waals surface area contributed by atoms with Crippen LogP contribution in [-0.2, 0) is 23.2 Å². The van der Waals surface area contributed by atoms with E-state index in [4.69, 9.17) is 9.57 Å². The van der Waals surface area contributed by atoms with Crippen LogP contribution in [0.15, 0.2) is 48.5 Å². The second-order valence-corrected chi connectivity index (χ2v) is 9.50. The lowest BCUT2D eigenvalue weighted by Crippen LogP contribution is -2.44. The molecule has 1 atom stereocenters. The predicted molar refractivity (Wildman–Crippen MR) is 134 cm³/mol. The largest absolute Gasteiger partial charge is 0.463 e. The second kappa shape index (κ2) is 12.5. The third-order valence-electron chi connectivity index (χ3n) is 5.43. The van der Waals surface area contributed by atoms with E-state index in [1.165, 1.54) is 16.7 Å². The molecule has 0 saturated heterocycles. The minimum absolute atomic E-state index is 0. The fraction of sp³-hybridized carbons (Fsp3) is 0.556. The van der Waals surface area contributed by atoms with Crippen molar-refractivity contribution in [1.29, 1.82) is 0 Å². The molecule has 0 spiro atoms. The second-order valence-electron chi connectivity index (χ2n) is 9.50. The standard InChI is InChI=1S/C27H41NO2.ClH/c1-9-28(27(7,8)24-15-11-10-12-16-24)30-22(6)29-26-17-13-14-23(18-20(2)3)25(26)19-21(4)5;/h10-17,20-22H,9,18-19H2,1-8H3;1H. The van der Waals surface area contributed by atoms with Crippen LogP contribution in [-0.4, -0.2) is 17.9 Å². The zero-order valence-corrected chi connectivity index (χ0v) is 21.5. The highest BCUT2D eigenvalue weighted by atomic mass is 35.5. The minimum atomic E-state index is -0.381. The van der Waals surface area contributed by atoms with Gasteiger partial charge in [-0.1, -0.05) is 77.1 Å². The van der Waals surface area contributed by atoms with Gasteiger partial charge in [0.25, 0.3) is 0 Å². The third-order valence-corrected chi connectivity index (χ3v) is 5.43. The van der Waals surface area contributed by atoms with Crippen LogP contribution in [0, 0.1) is 11.8 Å². The molecule has 1 unspecified atom stereocenters. The summed E-state index contributed by atoms with van der Waals surface area (Å²) >= 11 is 0. The maximum atomic E-state index is 6.37. The van der Waals surface area contributed by atoms with E-state index >= 15 is 0 Å². The fourth-order valence-corrected chi connectivity index (χ4v) is 3.96. The van der Waals surface area contributed by atoms with Crippen molar-refractivity contribution in [2.24, 2.45) is 11.8 Å². The highest BCUT2D eigenvalue weighted by Crippen LogP contribution is 2.31. The normalized spacial score (nSPS) is 12.9. The van der Waals surface area contributed by atoms with Crippen molar-refractivity contribution in [1.82, 2.24) is 5.06 Å². The molecule has 0 N–H and O–H groups in total. The first-order chi connectivity index (χ1) is 14.1. The number of benzene rings is 2. The molecule has 174 valence electrons. The highest BCUT2D eigenvalue weighted by Gasteiger charge is 2.30. The van der Waals surface area contributed by atoms with Crippen LogP contribution < -0.4 is 4.74 Å².